The molecule has 0 unspecified atom stereocenters. The molecule has 0 fully saturated rings. The Morgan fingerprint density at radius 3 is 3.14 bits per heavy atom. The van der Waals surface area contributed by atoms with Crippen LogP contribution in [-0.4, -0.2) is 29.2 Å². The van der Waals surface area contributed by atoms with Gasteiger partial charge in [0.15, 0.2) is 0 Å². The first-order chi connectivity index (χ1) is 10.2. The van der Waals surface area contributed by atoms with Gasteiger partial charge in [-0.2, -0.15) is 0 Å². The van der Waals surface area contributed by atoms with Crippen molar-refractivity contribution in [1.82, 2.24) is 9.55 Å². The lowest BCUT2D eigenvalue weighted by molar-refractivity contribution is 0.0816. The van der Waals surface area contributed by atoms with E-state index in [1.165, 1.54) is 7.11 Å². The Labute approximate surface area is 126 Å². The van der Waals surface area contributed by atoms with Crippen LogP contribution >= 0.6 is 11.6 Å². The van der Waals surface area contributed by atoms with E-state index in [0.29, 0.717) is 41.9 Å². The van der Waals surface area contributed by atoms with E-state index in [2.05, 4.69) is 10.3 Å². The summed E-state index contributed by atoms with van der Waals surface area (Å²) in [5, 5.41) is 3.28. The molecule has 2 heterocycles. The number of aromatic nitrogens is 2. The number of nitrogens with one attached hydrogen (secondary N) is 1. The second-order valence-electron chi connectivity index (χ2n) is 4.59. The Balaban J connectivity index is 1.83. The molecule has 1 aliphatic rings. The topological polar surface area (TPSA) is 65.4 Å². The van der Waals surface area contributed by atoms with E-state index in [-0.39, 0.29) is 5.91 Å². The number of fused-ring (bicyclic) bond motifs is 1. The number of halogens is 1. The molecule has 1 aromatic heterocycles. The van der Waals surface area contributed by atoms with Crippen LogP contribution in [0, 0.1) is 0 Å². The van der Waals surface area contributed by atoms with E-state index >= 15 is 0 Å². The molecule has 0 atom stereocenters. The lowest BCUT2D eigenvalue weighted by atomic mass is 10.3. The number of nitrogens with zero attached hydrogens (tertiary/aromatic N) is 2. The normalized spacial score (nSPS) is 13.6. The molecular weight excluding hydrogens is 294 g/mol. The summed E-state index contributed by atoms with van der Waals surface area (Å²) in [4.78, 5) is 16.6. The number of hydrogen-bond donors (Lipinski definition) is 1. The number of hydrogen-bond acceptors (Lipinski definition) is 4. The number of rotatable bonds is 3. The smallest absolute Gasteiger partial charge is 0.275 e. The average Bonchev–Trinajstić information content (AvgIpc) is 2.91. The molecule has 1 aromatic carbocycles. The molecule has 0 radical (unpaired) electrons. The van der Waals surface area contributed by atoms with Crippen LogP contribution in [0.15, 0.2) is 24.4 Å². The molecule has 0 saturated heterocycles. The highest BCUT2D eigenvalue weighted by atomic mass is 35.5. The fourth-order valence-electron chi connectivity index (χ4n) is 2.16. The minimum absolute atomic E-state index is 0.308. The van der Waals surface area contributed by atoms with Crippen LogP contribution in [0.4, 0.5) is 5.69 Å². The van der Waals surface area contributed by atoms with Crippen molar-refractivity contribution in [3.05, 3.63) is 40.9 Å². The molecule has 21 heavy (non-hydrogen) atoms. The summed E-state index contributed by atoms with van der Waals surface area (Å²) in [6, 6.07) is 5.03. The van der Waals surface area contributed by atoms with Crippen LogP contribution in [0.2, 0.25) is 5.02 Å². The Morgan fingerprint density at radius 2 is 2.38 bits per heavy atom. The first kappa shape index (κ1) is 13.9. The first-order valence-corrected chi connectivity index (χ1v) is 6.84. The van der Waals surface area contributed by atoms with E-state index in [1.54, 1.807) is 24.4 Å². The minimum atomic E-state index is -0.308. The number of benzene rings is 1. The van der Waals surface area contributed by atoms with Gasteiger partial charge in [0.1, 0.15) is 23.9 Å². The van der Waals surface area contributed by atoms with Gasteiger partial charge in [-0.1, -0.05) is 11.6 Å². The number of imidazole rings is 1. The van der Waals surface area contributed by atoms with Crippen LogP contribution in [0.5, 0.6) is 5.75 Å². The van der Waals surface area contributed by atoms with Gasteiger partial charge in [0.05, 0.1) is 19.4 Å². The Bertz CT molecular complexity index is 661. The van der Waals surface area contributed by atoms with Gasteiger partial charge < -0.3 is 19.4 Å². The Hall–Kier alpha value is -2.05. The predicted octanol–water partition coefficient (Wildman–Crippen LogP) is 2.33. The molecule has 0 saturated carbocycles. The molecule has 7 heteroatoms. The summed E-state index contributed by atoms with van der Waals surface area (Å²) in [7, 11) is 1.53. The Morgan fingerprint density at radius 1 is 1.52 bits per heavy atom. The van der Waals surface area contributed by atoms with Crippen molar-refractivity contribution in [3.63, 3.8) is 0 Å². The van der Waals surface area contributed by atoms with Crippen LogP contribution in [0.3, 0.4) is 0 Å². The number of amides is 1. The van der Waals surface area contributed by atoms with Gasteiger partial charge in [0.25, 0.3) is 5.91 Å². The van der Waals surface area contributed by atoms with E-state index in [9.17, 15) is 4.79 Å². The van der Waals surface area contributed by atoms with Gasteiger partial charge in [-0.05, 0) is 18.2 Å². The number of carbonyl (C=O) groups excluding carboxylic acids is 1. The summed E-state index contributed by atoms with van der Waals surface area (Å²) in [6.45, 7) is 1.76. The van der Waals surface area contributed by atoms with Crippen LogP contribution in [0.1, 0.15) is 16.3 Å². The van der Waals surface area contributed by atoms with Crippen molar-refractivity contribution in [2.45, 2.75) is 13.2 Å². The zero-order chi connectivity index (χ0) is 14.8. The van der Waals surface area contributed by atoms with Gasteiger partial charge in [-0.15, -0.1) is 0 Å². The maximum absolute atomic E-state index is 12.3. The fourth-order valence-corrected chi connectivity index (χ4v) is 2.34. The molecule has 1 aliphatic heterocycles. The Kier molecular flexibility index (Phi) is 3.81. The third-order valence-electron chi connectivity index (χ3n) is 3.21. The van der Waals surface area contributed by atoms with Gasteiger partial charge >= 0.3 is 0 Å². The number of anilines is 1. The zero-order valence-corrected chi connectivity index (χ0v) is 12.2. The van der Waals surface area contributed by atoms with E-state index in [4.69, 9.17) is 21.1 Å². The van der Waals surface area contributed by atoms with E-state index in [0.717, 1.165) is 5.82 Å². The molecule has 6 nitrogen and oxygen atoms in total. The van der Waals surface area contributed by atoms with Gasteiger partial charge in [0.2, 0.25) is 0 Å². The van der Waals surface area contributed by atoms with Crippen molar-refractivity contribution in [3.8, 4) is 5.75 Å². The molecule has 3 rings (SSSR count). The monoisotopic (exact) mass is 307 g/mol. The van der Waals surface area contributed by atoms with Crippen LogP contribution in [-0.2, 0) is 17.9 Å². The third-order valence-corrected chi connectivity index (χ3v) is 3.44. The van der Waals surface area contributed by atoms with Gasteiger partial charge in [0, 0.05) is 17.8 Å². The van der Waals surface area contributed by atoms with E-state index in [1.807, 2.05) is 4.57 Å². The molecule has 1 amide bonds. The highest BCUT2D eigenvalue weighted by molar-refractivity contribution is 6.31. The molecule has 1 N–H and O–H groups in total. The molecule has 0 aliphatic carbocycles. The number of carbonyl (C=O) groups is 1. The van der Waals surface area contributed by atoms with Crippen LogP contribution < -0.4 is 10.1 Å². The number of ether oxygens (including phenoxy) is 2. The van der Waals surface area contributed by atoms with Crippen LogP contribution in [0.25, 0.3) is 0 Å². The zero-order valence-electron chi connectivity index (χ0n) is 11.4. The lowest BCUT2D eigenvalue weighted by Gasteiger charge is -2.13. The number of methoxy groups -OCH3 is 1. The molecule has 110 valence electrons. The minimum Gasteiger partial charge on any atom is -0.495 e. The molecule has 0 spiro atoms. The van der Waals surface area contributed by atoms with Crippen molar-refractivity contribution in [2.75, 3.05) is 19.0 Å². The van der Waals surface area contributed by atoms with Crippen molar-refractivity contribution >= 4 is 23.2 Å². The van der Waals surface area contributed by atoms with Crippen molar-refractivity contribution in [2.24, 2.45) is 0 Å². The molecule has 2 aromatic rings. The maximum Gasteiger partial charge on any atom is 0.275 e. The fraction of sp³-hybridized carbons (Fsp3) is 0.286. The first-order valence-electron chi connectivity index (χ1n) is 6.46. The highest BCUT2D eigenvalue weighted by Gasteiger charge is 2.18. The average molecular weight is 308 g/mol. The summed E-state index contributed by atoms with van der Waals surface area (Å²) in [6.07, 6.45) is 1.73. The third kappa shape index (κ3) is 2.86. The second-order valence-corrected chi connectivity index (χ2v) is 5.02. The van der Waals surface area contributed by atoms with Crippen molar-refractivity contribution < 1.29 is 14.3 Å². The maximum atomic E-state index is 12.3. The van der Waals surface area contributed by atoms with Gasteiger partial charge in [-0.25, -0.2) is 4.98 Å². The second kappa shape index (κ2) is 5.75. The van der Waals surface area contributed by atoms with Gasteiger partial charge in [-0.3, -0.25) is 4.79 Å². The standard InChI is InChI=1S/C14H14ClN3O3/c1-20-12-3-2-9(15)6-10(12)17-14(19)11-7-18-4-5-21-8-13(18)16-11/h2-3,6-7H,4-5,8H2,1H3,(H,17,19). The largest absolute Gasteiger partial charge is 0.495 e. The predicted molar refractivity (Wildman–Crippen MR) is 77.8 cm³/mol. The summed E-state index contributed by atoms with van der Waals surface area (Å²) in [5.41, 5.74) is 0.856. The molecule has 0 bridgehead atoms. The van der Waals surface area contributed by atoms with Crippen molar-refractivity contribution in [1.29, 1.82) is 0 Å². The summed E-state index contributed by atoms with van der Waals surface area (Å²) >= 11 is 5.94. The molecular formula is C14H14ClN3O3. The lowest BCUT2D eigenvalue weighted by Crippen LogP contribution is -2.15. The highest BCUT2D eigenvalue weighted by Crippen LogP contribution is 2.28. The summed E-state index contributed by atoms with van der Waals surface area (Å²) in [5.74, 6) is 0.988. The van der Waals surface area contributed by atoms with E-state index < -0.39 is 0 Å². The summed E-state index contributed by atoms with van der Waals surface area (Å²) < 4.78 is 12.4. The quantitative estimate of drug-likeness (QED) is 0.945. The SMILES string of the molecule is COc1ccc(Cl)cc1NC(=O)c1cn2c(n1)COCC2.